The number of nitriles is 1. The van der Waals surface area contributed by atoms with Crippen LogP contribution in [-0.4, -0.2) is 22.9 Å². The number of aryl methyl sites for hydroxylation is 1. The van der Waals surface area contributed by atoms with E-state index in [1.807, 2.05) is 67.6 Å². The van der Waals surface area contributed by atoms with Crippen LogP contribution in [0.4, 0.5) is 0 Å². The molecule has 0 radical (unpaired) electrons. The van der Waals surface area contributed by atoms with Crippen LogP contribution in [0, 0.1) is 18.3 Å². The molecule has 128 valence electrons. The first-order chi connectivity index (χ1) is 12.6. The molecular weight excluding hydrogens is 326 g/mol. The van der Waals surface area contributed by atoms with Gasteiger partial charge in [0, 0.05) is 17.3 Å². The number of benzene rings is 2. The van der Waals surface area contributed by atoms with Gasteiger partial charge in [0.25, 0.3) is 0 Å². The highest BCUT2D eigenvalue weighted by molar-refractivity contribution is 5.98. The first-order valence-corrected chi connectivity index (χ1v) is 8.04. The molecule has 1 heterocycles. The average molecular weight is 343 g/mol. The van der Waals surface area contributed by atoms with E-state index in [1.54, 1.807) is 10.9 Å². The molecule has 1 aromatic heterocycles. The summed E-state index contributed by atoms with van der Waals surface area (Å²) < 4.78 is 6.41. The van der Waals surface area contributed by atoms with Crippen LogP contribution in [0.2, 0.25) is 0 Å². The lowest BCUT2D eigenvalue weighted by Gasteiger charge is -2.02. The van der Waals surface area contributed by atoms with Crippen molar-refractivity contribution in [3.63, 3.8) is 0 Å². The van der Waals surface area contributed by atoms with Crippen LogP contribution in [0.15, 0.2) is 66.4 Å². The molecule has 0 fully saturated rings. The molecular formula is C21H17N3O2. The Labute approximate surface area is 151 Å². The van der Waals surface area contributed by atoms with Gasteiger partial charge in [-0.05, 0) is 31.2 Å². The Morgan fingerprint density at radius 2 is 1.96 bits per heavy atom. The Bertz CT molecular complexity index is 1010. The predicted molar refractivity (Wildman–Crippen MR) is 99.3 cm³/mol. The van der Waals surface area contributed by atoms with Gasteiger partial charge >= 0.3 is 5.97 Å². The minimum Gasteiger partial charge on any atom is -0.465 e. The minimum atomic E-state index is -0.671. The molecule has 0 aliphatic carbocycles. The smallest absolute Gasteiger partial charge is 0.348 e. The third kappa shape index (κ3) is 3.55. The zero-order valence-electron chi connectivity index (χ0n) is 14.5. The van der Waals surface area contributed by atoms with E-state index in [-0.39, 0.29) is 5.57 Å². The molecule has 3 rings (SSSR count). The van der Waals surface area contributed by atoms with Gasteiger partial charge in [-0.3, -0.25) is 0 Å². The van der Waals surface area contributed by atoms with Gasteiger partial charge in [-0.1, -0.05) is 42.0 Å². The van der Waals surface area contributed by atoms with E-state index in [1.165, 1.54) is 13.2 Å². The van der Waals surface area contributed by atoms with Crippen molar-refractivity contribution in [3.05, 3.63) is 77.5 Å². The van der Waals surface area contributed by atoms with Gasteiger partial charge in [-0.25, -0.2) is 9.48 Å². The highest BCUT2D eigenvalue weighted by Crippen LogP contribution is 2.26. The number of ether oxygens (including phenoxy) is 1. The molecule has 0 aliphatic rings. The van der Waals surface area contributed by atoms with Crippen LogP contribution in [0.5, 0.6) is 0 Å². The first-order valence-electron chi connectivity index (χ1n) is 8.04. The average Bonchev–Trinajstić information content (AvgIpc) is 3.10. The maximum absolute atomic E-state index is 11.8. The third-order valence-electron chi connectivity index (χ3n) is 3.88. The Morgan fingerprint density at radius 3 is 2.62 bits per heavy atom. The van der Waals surface area contributed by atoms with E-state index in [4.69, 9.17) is 0 Å². The second-order valence-corrected chi connectivity index (χ2v) is 5.74. The first kappa shape index (κ1) is 17.2. The van der Waals surface area contributed by atoms with Gasteiger partial charge < -0.3 is 4.74 Å². The number of methoxy groups -OCH3 is 1. The summed E-state index contributed by atoms with van der Waals surface area (Å²) in [6.07, 6.45) is 3.31. The molecule has 0 saturated carbocycles. The Kier molecular flexibility index (Phi) is 4.95. The van der Waals surface area contributed by atoms with E-state index < -0.39 is 5.97 Å². The maximum Gasteiger partial charge on any atom is 0.348 e. The third-order valence-corrected chi connectivity index (χ3v) is 3.88. The van der Waals surface area contributed by atoms with Gasteiger partial charge in [0.2, 0.25) is 0 Å². The summed E-state index contributed by atoms with van der Waals surface area (Å²) in [5, 5.41) is 13.9. The number of carbonyl (C=O) groups is 1. The minimum absolute atomic E-state index is 0.0750. The van der Waals surface area contributed by atoms with E-state index >= 15 is 0 Å². The molecule has 0 atom stereocenters. The number of hydrogen-bond acceptors (Lipinski definition) is 4. The van der Waals surface area contributed by atoms with Crippen LogP contribution in [0.3, 0.4) is 0 Å². The standard InChI is InChI=1S/C21H17N3O2/c1-15-7-6-8-16(11-15)20-18(12-17(13-22)21(25)26-2)14-24(23-20)19-9-4-3-5-10-19/h3-12,14H,1-2H3/b17-12+. The molecule has 0 unspecified atom stereocenters. The maximum atomic E-state index is 11.8. The van der Waals surface area contributed by atoms with Crippen LogP contribution >= 0.6 is 0 Å². The molecule has 0 bridgehead atoms. The van der Waals surface area contributed by atoms with Crippen molar-refractivity contribution in [3.8, 4) is 23.0 Å². The Hall–Kier alpha value is -3.65. The summed E-state index contributed by atoms with van der Waals surface area (Å²) in [6, 6.07) is 19.5. The van der Waals surface area contributed by atoms with E-state index in [9.17, 15) is 10.1 Å². The summed E-state index contributed by atoms with van der Waals surface area (Å²) >= 11 is 0. The normalized spacial score (nSPS) is 11.0. The summed E-state index contributed by atoms with van der Waals surface area (Å²) in [5.74, 6) is -0.671. The monoisotopic (exact) mass is 343 g/mol. The van der Waals surface area contributed by atoms with Crippen molar-refractivity contribution in [1.29, 1.82) is 5.26 Å². The van der Waals surface area contributed by atoms with Gasteiger partial charge in [-0.15, -0.1) is 0 Å². The van der Waals surface area contributed by atoms with Crippen molar-refractivity contribution in [2.24, 2.45) is 0 Å². The lowest BCUT2D eigenvalue weighted by molar-refractivity contribution is -0.135. The molecule has 0 spiro atoms. The number of carbonyl (C=O) groups excluding carboxylic acids is 1. The van der Waals surface area contributed by atoms with Crippen LogP contribution in [-0.2, 0) is 9.53 Å². The molecule has 5 heteroatoms. The highest BCUT2D eigenvalue weighted by atomic mass is 16.5. The number of esters is 1. The molecule has 26 heavy (non-hydrogen) atoms. The molecule has 0 saturated heterocycles. The van der Waals surface area contributed by atoms with Crippen molar-refractivity contribution in [1.82, 2.24) is 9.78 Å². The number of hydrogen-bond donors (Lipinski definition) is 0. The molecule has 3 aromatic rings. The molecule has 0 aliphatic heterocycles. The fourth-order valence-electron chi connectivity index (χ4n) is 2.62. The van der Waals surface area contributed by atoms with Crippen LogP contribution < -0.4 is 0 Å². The lowest BCUT2D eigenvalue weighted by atomic mass is 10.0. The Balaban J connectivity index is 2.18. The van der Waals surface area contributed by atoms with Crippen LogP contribution in [0.1, 0.15) is 11.1 Å². The van der Waals surface area contributed by atoms with Gasteiger partial charge in [0.05, 0.1) is 12.8 Å². The Morgan fingerprint density at radius 1 is 1.19 bits per heavy atom. The quantitative estimate of drug-likeness (QED) is 0.409. The summed E-state index contributed by atoms with van der Waals surface area (Å²) in [4.78, 5) is 11.8. The summed E-state index contributed by atoms with van der Waals surface area (Å²) in [5.41, 5.74) is 4.18. The largest absolute Gasteiger partial charge is 0.465 e. The number of aromatic nitrogens is 2. The van der Waals surface area contributed by atoms with E-state index in [2.05, 4.69) is 9.84 Å². The fraction of sp³-hybridized carbons (Fsp3) is 0.0952. The van der Waals surface area contributed by atoms with Gasteiger partial charge in [0.1, 0.15) is 17.3 Å². The zero-order chi connectivity index (χ0) is 18.5. The number of para-hydroxylation sites is 1. The molecule has 5 nitrogen and oxygen atoms in total. The number of nitrogens with zero attached hydrogens (tertiary/aromatic N) is 3. The van der Waals surface area contributed by atoms with Crippen molar-refractivity contribution in [2.45, 2.75) is 6.92 Å². The van der Waals surface area contributed by atoms with Gasteiger partial charge in [-0.2, -0.15) is 10.4 Å². The second kappa shape index (κ2) is 7.49. The topological polar surface area (TPSA) is 67.9 Å². The SMILES string of the molecule is COC(=O)/C(C#N)=C/c1cn(-c2ccccc2)nc1-c1cccc(C)c1. The van der Waals surface area contributed by atoms with Gasteiger partial charge in [0.15, 0.2) is 0 Å². The zero-order valence-corrected chi connectivity index (χ0v) is 14.5. The predicted octanol–water partition coefficient (Wildman–Crippen LogP) is 3.93. The summed E-state index contributed by atoms with van der Waals surface area (Å²) in [6.45, 7) is 2.00. The van der Waals surface area contributed by atoms with E-state index in [0.717, 1.165) is 16.8 Å². The highest BCUT2D eigenvalue weighted by Gasteiger charge is 2.15. The fourth-order valence-corrected chi connectivity index (χ4v) is 2.62. The molecule has 0 N–H and O–H groups in total. The van der Waals surface area contributed by atoms with Crippen molar-refractivity contribution < 1.29 is 9.53 Å². The second-order valence-electron chi connectivity index (χ2n) is 5.74. The molecule has 2 aromatic carbocycles. The summed E-state index contributed by atoms with van der Waals surface area (Å²) in [7, 11) is 1.25. The van der Waals surface area contributed by atoms with Crippen molar-refractivity contribution >= 4 is 12.0 Å². The van der Waals surface area contributed by atoms with E-state index in [0.29, 0.717) is 11.3 Å². The van der Waals surface area contributed by atoms with Crippen molar-refractivity contribution in [2.75, 3.05) is 7.11 Å². The number of rotatable bonds is 4. The van der Waals surface area contributed by atoms with Crippen LogP contribution in [0.25, 0.3) is 23.0 Å². The lowest BCUT2D eigenvalue weighted by Crippen LogP contribution is -2.02. The molecule has 0 amide bonds.